The maximum absolute atomic E-state index is 12.0. The molecule has 0 fully saturated rings. The fourth-order valence-electron chi connectivity index (χ4n) is 1.63. The van der Waals surface area contributed by atoms with Crippen molar-refractivity contribution in [3.8, 4) is 0 Å². The highest BCUT2D eigenvalue weighted by Gasteiger charge is 2.37. The van der Waals surface area contributed by atoms with Gasteiger partial charge >= 0.3 is 12.0 Å². The van der Waals surface area contributed by atoms with Gasteiger partial charge in [0.05, 0.1) is 0 Å². The first-order valence-corrected chi connectivity index (χ1v) is 7.51. The lowest BCUT2D eigenvalue weighted by molar-refractivity contribution is -0.144. The molecule has 0 rings (SSSR count). The Morgan fingerprint density at radius 3 is 2.22 bits per heavy atom. The summed E-state index contributed by atoms with van der Waals surface area (Å²) in [5.74, 6) is -0.158. The Kier molecular flexibility index (Phi) is 7.13. The van der Waals surface area contributed by atoms with Crippen LogP contribution in [0.4, 0.5) is 4.79 Å². The van der Waals surface area contributed by atoms with E-state index in [-0.39, 0.29) is 12.1 Å². The summed E-state index contributed by atoms with van der Waals surface area (Å²) in [6.45, 7) is 5.48. The summed E-state index contributed by atoms with van der Waals surface area (Å²) in [4.78, 5) is 24.9. The molecule has 0 aliphatic rings. The molecule has 0 bridgehead atoms. The van der Waals surface area contributed by atoms with E-state index >= 15 is 0 Å². The average molecular weight is 276 g/mol. The van der Waals surface area contributed by atoms with Gasteiger partial charge in [-0.2, -0.15) is 11.8 Å². The Labute approximate surface area is 113 Å². The molecule has 5 nitrogen and oxygen atoms in total. The topological polar surface area (TPSA) is 69.6 Å². The van der Waals surface area contributed by atoms with Crippen LogP contribution < -0.4 is 5.32 Å². The fourth-order valence-corrected chi connectivity index (χ4v) is 2.33. The number of hydrogen-bond acceptors (Lipinski definition) is 3. The van der Waals surface area contributed by atoms with Gasteiger partial charge in [0.2, 0.25) is 0 Å². The molecule has 0 saturated carbocycles. The Balaban J connectivity index is 4.75. The Morgan fingerprint density at radius 1 is 1.39 bits per heavy atom. The van der Waals surface area contributed by atoms with Crippen molar-refractivity contribution >= 4 is 23.8 Å². The van der Waals surface area contributed by atoms with Crippen molar-refractivity contribution in [3.05, 3.63) is 0 Å². The number of thioether (sulfide) groups is 1. The first-order valence-electron chi connectivity index (χ1n) is 6.11. The van der Waals surface area contributed by atoms with Crippen molar-refractivity contribution < 1.29 is 14.7 Å². The van der Waals surface area contributed by atoms with Gasteiger partial charge in [0, 0.05) is 18.8 Å². The Hall–Kier alpha value is -0.910. The smallest absolute Gasteiger partial charge is 0.329 e. The van der Waals surface area contributed by atoms with Crippen molar-refractivity contribution in [2.24, 2.45) is 0 Å². The van der Waals surface area contributed by atoms with E-state index in [1.165, 1.54) is 0 Å². The van der Waals surface area contributed by atoms with Crippen LogP contribution >= 0.6 is 11.8 Å². The van der Waals surface area contributed by atoms with Gasteiger partial charge in [0.25, 0.3) is 0 Å². The van der Waals surface area contributed by atoms with Crippen LogP contribution in [0.5, 0.6) is 0 Å². The maximum atomic E-state index is 12.0. The second-order valence-corrected chi connectivity index (χ2v) is 5.35. The van der Waals surface area contributed by atoms with Gasteiger partial charge in [0.1, 0.15) is 5.54 Å². The fraction of sp³-hybridized carbons (Fsp3) is 0.833. The number of hydrogen-bond donors (Lipinski definition) is 2. The van der Waals surface area contributed by atoms with E-state index in [2.05, 4.69) is 5.32 Å². The third kappa shape index (κ3) is 4.08. The highest BCUT2D eigenvalue weighted by atomic mass is 32.2. The lowest BCUT2D eigenvalue weighted by Gasteiger charge is -2.32. The van der Waals surface area contributed by atoms with Crippen molar-refractivity contribution in [3.63, 3.8) is 0 Å². The van der Waals surface area contributed by atoms with Gasteiger partial charge in [-0.05, 0) is 26.0 Å². The molecule has 0 aromatic carbocycles. The molecule has 0 aliphatic heterocycles. The van der Waals surface area contributed by atoms with Gasteiger partial charge in [0.15, 0.2) is 0 Å². The third-order valence-electron chi connectivity index (χ3n) is 3.35. The molecule has 0 spiro atoms. The molecule has 0 saturated heterocycles. The van der Waals surface area contributed by atoms with Crippen LogP contribution in [0.1, 0.15) is 33.6 Å². The summed E-state index contributed by atoms with van der Waals surface area (Å²) in [6.07, 6.45) is 2.71. The first-order chi connectivity index (χ1) is 8.34. The van der Waals surface area contributed by atoms with E-state index in [1.54, 1.807) is 37.6 Å². The number of carboxylic acid groups (broad SMARTS) is 1. The van der Waals surface area contributed by atoms with E-state index in [1.807, 2.05) is 13.2 Å². The zero-order valence-corrected chi connectivity index (χ0v) is 12.6. The standard InChI is InChI=1S/C12H24N2O3S/c1-6-12(7-2,10(15)16)13-11(17)14(4)9(3)8-18-5/h9H,6-8H2,1-5H3,(H,13,17)(H,15,16). The molecule has 1 unspecified atom stereocenters. The number of carbonyl (C=O) groups excluding carboxylic acids is 1. The van der Waals surface area contributed by atoms with Crippen molar-refractivity contribution in [1.29, 1.82) is 0 Å². The highest BCUT2D eigenvalue weighted by molar-refractivity contribution is 7.98. The van der Waals surface area contributed by atoms with E-state index in [9.17, 15) is 14.7 Å². The van der Waals surface area contributed by atoms with Crippen LogP contribution in [-0.2, 0) is 4.79 Å². The summed E-state index contributed by atoms with van der Waals surface area (Å²) in [7, 11) is 1.69. The summed E-state index contributed by atoms with van der Waals surface area (Å²) in [6, 6.07) is -0.261. The summed E-state index contributed by atoms with van der Waals surface area (Å²) in [5, 5.41) is 11.9. The number of carbonyl (C=O) groups is 2. The quantitative estimate of drug-likeness (QED) is 0.746. The van der Waals surface area contributed by atoms with Gasteiger partial charge in [-0.25, -0.2) is 9.59 Å². The number of nitrogens with zero attached hydrogens (tertiary/aromatic N) is 1. The van der Waals surface area contributed by atoms with E-state index in [4.69, 9.17) is 0 Å². The van der Waals surface area contributed by atoms with Crippen molar-refractivity contribution in [1.82, 2.24) is 10.2 Å². The highest BCUT2D eigenvalue weighted by Crippen LogP contribution is 2.16. The largest absolute Gasteiger partial charge is 0.480 e. The van der Waals surface area contributed by atoms with Gasteiger partial charge in [-0.3, -0.25) is 0 Å². The molecule has 1 atom stereocenters. The Morgan fingerprint density at radius 2 is 1.89 bits per heavy atom. The lowest BCUT2D eigenvalue weighted by Crippen LogP contribution is -2.58. The predicted octanol–water partition coefficient (Wildman–Crippen LogP) is 2.02. The molecule has 0 aromatic rings. The second kappa shape index (κ2) is 7.51. The zero-order valence-electron chi connectivity index (χ0n) is 11.8. The molecule has 18 heavy (non-hydrogen) atoms. The summed E-state index contributed by atoms with van der Waals surface area (Å²) >= 11 is 1.65. The number of urea groups is 1. The molecule has 0 heterocycles. The lowest BCUT2D eigenvalue weighted by atomic mass is 9.93. The molecular formula is C12H24N2O3S. The predicted molar refractivity (Wildman–Crippen MR) is 75.1 cm³/mol. The molecule has 2 amide bonds. The van der Waals surface area contributed by atoms with E-state index < -0.39 is 11.5 Å². The number of amides is 2. The molecular weight excluding hydrogens is 252 g/mol. The minimum Gasteiger partial charge on any atom is -0.480 e. The number of carboxylic acids is 1. The van der Waals surface area contributed by atoms with Crippen LogP contribution in [0.2, 0.25) is 0 Å². The van der Waals surface area contributed by atoms with Crippen LogP contribution in [0, 0.1) is 0 Å². The minimum absolute atomic E-state index is 0.0696. The van der Waals surface area contributed by atoms with Gasteiger partial charge < -0.3 is 15.3 Å². The zero-order chi connectivity index (χ0) is 14.3. The van der Waals surface area contributed by atoms with Crippen molar-refractivity contribution in [2.75, 3.05) is 19.1 Å². The summed E-state index contributed by atoms with van der Waals surface area (Å²) < 4.78 is 0. The molecule has 2 N–H and O–H groups in total. The van der Waals surface area contributed by atoms with Gasteiger partial charge in [-0.1, -0.05) is 13.8 Å². The first kappa shape index (κ1) is 17.1. The van der Waals surface area contributed by atoms with Crippen molar-refractivity contribution in [2.45, 2.75) is 45.2 Å². The van der Waals surface area contributed by atoms with Crippen LogP contribution in [-0.4, -0.2) is 52.6 Å². The number of nitrogens with one attached hydrogen (secondary N) is 1. The van der Waals surface area contributed by atoms with Crippen LogP contribution in [0.15, 0.2) is 0 Å². The third-order valence-corrected chi connectivity index (χ3v) is 4.17. The minimum atomic E-state index is -1.16. The average Bonchev–Trinajstić information content (AvgIpc) is 2.34. The molecule has 0 aromatic heterocycles. The Bertz CT molecular complexity index is 293. The molecule has 0 radical (unpaired) electrons. The molecule has 106 valence electrons. The number of rotatable bonds is 7. The second-order valence-electron chi connectivity index (χ2n) is 4.44. The van der Waals surface area contributed by atoms with Gasteiger partial charge in [-0.15, -0.1) is 0 Å². The molecule has 6 heteroatoms. The van der Waals surface area contributed by atoms with Crippen LogP contribution in [0.25, 0.3) is 0 Å². The summed E-state index contributed by atoms with van der Waals surface area (Å²) in [5.41, 5.74) is -1.16. The normalized spacial score (nSPS) is 12.9. The molecule has 0 aliphatic carbocycles. The number of aliphatic carboxylic acids is 1. The SMILES string of the molecule is CCC(CC)(NC(=O)N(C)C(C)CSC)C(=O)O. The van der Waals surface area contributed by atoms with Crippen LogP contribution in [0.3, 0.4) is 0 Å². The van der Waals surface area contributed by atoms with E-state index in [0.717, 1.165) is 5.75 Å². The maximum Gasteiger partial charge on any atom is 0.329 e. The van der Waals surface area contributed by atoms with E-state index in [0.29, 0.717) is 12.8 Å². The monoisotopic (exact) mass is 276 g/mol.